The first-order chi connectivity index (χ1) is 11.3. The summed E-state index contributed by atoms with van der Waals surface area (Å²) in [5, 5.41) is 9.65. The fraction of sp³-hybridized carbons (Fsp3) is 0.111. The molecule has 3 nitrogen and oxygen atoms in total. The molecule has 0 fully saturated rings. The molecule has 0 spiro atoms. The lowest BCUT2D eigenvalue weighted by atomic mass is 10.2. The van der Waals surface area contributed by atoms with Crippen molar-refractivity contribution in [2.75, 3.05) is 0 Å². The minimum absolute atomic E-state index is 0.690. The first-order valence-electron chi connectivity index (χ1n) is 7.24. The minimum Gasteiger partial charge on any atom is -0.298 e. The van der Waals surface area contributed by atoms with Gasteiger partial charge in [-0.05, 0) is 17.7 Å². The molecule has 0 saturated carbocycles. The second kappa shape index (κ2) is 7.62. The van der Waals surface area contributed by atoms with Crippen LogP contribution in [-0.2, 0) is 12.3 Å². The molecule has 0 radical (unpaired) electrons. The highest BCUT2D eigenvalue weighted by Gasteiger charge is 2.13. The van der Waals surface area contributed by atoms with Crippen LogP contribution in [0.3, 0.4) is 0 Å². The highest BCUT2D eigenvalue weighted by Crippen LogP contribution is 2.27. The van der Waals surface area contributed by atoms with E-state index in [1.165, 1.54) is 5.56 Å². The fourth-order valence-corrected chi connectivity index (χ4v) is 3.39. The molecule has 5 heteroatoms. The molecule has 0 atom stereocenters. The maximum atomic E-state index is 4.38. The lowest BCUT2D eigenvalue weighted by molar-refractivity contribution is 0.731. The molecule has 0 bridgehead atoms. The third-order valence-corrected chi connectivity index (χ3v) is 4.91. The van der Waals surface area contributed by atoms with Crippen LogP contribution in [0.5, 0.6) is 0 Å². The van der Waals surface area contributed by atoms with Gasteiger partial charge in [0.2, 0.25) is 0 Å². The Morgan fingerprint density at radius 1 is 1.04 bits per heavy atom. The van der Waals surface area contributed by atoms with Crippen LogP contribution in [0.4, 0.5) is 0 Å². The summed E-state index contributed by atoms with van der Waals surface area (Å²) < 4.78 is 3.15. The Labute approximate surface area is 148 Å². The van der Waals surface area contributed by atoms with Crippen molar-refractivity contribution in [3.8, 4) is 11.4 Å². The van der Waals surface area contributed by atoms with Crippen LogP contribution in [-0.4, -0.2) is 14.8 Å². The Bertz CT molecular complexity index is 782. The average Bonchev–Trinajstić information content (AvgIpc) is 2.98. The molecule has 0 amide bonds. The predicted molar refractivity (Wildman–Crippen MR) is 99.4 cm³/mol. The highest BCUT2D eigenvalue weighted by molar-refractivity contribution is 9.10. The fourth-order valence-electron chi connectivity index (χ4n) is 2.22. The first-order valence-corrected chi connectivity index (χ1v) is 9.02. The van der Waals surface area contributed by atoms with Gasteiger partial charge in [-0.25, -0.2) is 0 Å². The number of rotatable bonds is 6. The van der Waals surface area contributed by atoms with Gasteiger partial charge in [-0.1, -0.05) is 76.2 Å². The molecular formula is C18H16BrN3S. The smallest absolute Gasteiger partial charge is 0.192 e. The highest BCUT2D eigenvalue weighted by atomic mass is 79.9. The summed E-state index contributed by atoms with van der Waals surface area (Å²) in [5.74, 6) is 1.74. The monoisotopic (exact) mass is 385 g/mol. The molecule has 0 saturated heterocycles. The number of nitrogens with zero attached hydrogens (tertiary/aromatic N) is 3. The number of hydrogen-bond acceptors (Lipinski definition) is 3. The molecular weight excluding hydrogens is 370 g/mol. The molecule has 0 aliphatic carbocycles. The van der Waals surface area contributed by atoms with Gasteiger partial charge in [-0.3, -0.25) is 4.57 Å². The Kier molecular flexibility index (Phi) is 5.31. The Balaban J connectivity index is 1.86. The molecule has 3 aromatic rings. The molecule has 3 rings (SSSR count). The van der Waals surface area contributed by atoms with Gasteiger partial charge in [0, 0.05) is 22.3 Å². The van der Waals surface area contributed by atoms with E-state index < -0.39 is 0 Å². The van der Waals surface area contributed by atoms with Crippen molar-refractivity contribution in [2.45, 2.75) is 17.5 Å². The van der Waals surface area contributed by atoms with E-state index >= 15 is 0 Å². The first kappa shape index (κ1) is 16.0. The molecule has 0 N–H and O–H groups in total. The van der Waals surface area contributed by atoms with Crippen LogP contribution in [0.15, 0.2) is 76.9 Å². The number of aromatic nitrogens is 3. The molecule has 116 valence electrons. The minimum atomic E-state index is 0.690. The van der Waals surface area contributed by atoms with Crippen LogP contribution in [0.25, 0.3) is 11.4 Å². The molecule has 1 aromatic heterocycles. The normalized spacial score (nSPS) is 10.7. The summed E-state index contributed by atoms with van der Waals surface area (Å²) in [4.78, 5) is 0. The van der Waals surface area contributed by atoms with Crippen molar-refractivity contribution in [3.63, 3.8) is 0 Å². The third-order valence-electron chi connectivity index (χ3n) is 3.34. The van der Waals surface area contributed by atoms with Gasteiger partial charge in [0.25, 0.3) is 0 Å². The molecule has 1 heterocycles. The summed E-state index contributed by atoms with van der Waals surface area (Å²) in [6.45, 7) is 4.54. The zero-order chi connectivity index (χ0) is 16.1. The Morgan fingerprint density at radius 2 is 1.78 bits per heavy atom. The predicted octanol–water partition coefficient (Wildman–Crippen LogP) is 5.19. The Morgan fingerprint density at radius 3 is 2.48 bits per heavy atom. The third kappa shape index (κ3) is 3.92. The number of hydrogen-bond donors (Lipinski definition) is 0. The van der Waals surface area contributed by atoms with Crippen LogP contribution < -0.4 is 0 Å². The van der Waals surface area contributed by atoms with Crippen LogP contribution in [0.1, 0.15) is 5.56 Å². The summed E-state index contributed by atoms with van der Waals surface area (Å²) in [6, 6.07) is 18.5. The number of allylic oxidation sites excluding steroid dienone is 1. The van der Waals surface area contributed by atoms with Crippen molar-refractivity contribution < 1.29 is 0 Å². The van der Waals surface area contributed by atoms with Crippen molar-refractivity contribution in [1.82, 2.24) is 14.8 Å². The number of thioether (sulfide) groups is 1. The molecule has 0 aliphatic heterocycles. The largest absolute Gasteiger partial charge is 0.298 e. The van der Waals surface area contributed by atoms with Gasteiger partial charge in [0.05, 0.1) is 0 Å². The standard InChI is InChI=1S/C18H16BrN3S/c1-2-12-22-17(15-8-10-16(19)11-9-15)20-21-18(22)23-13-14-6-4-3-5-7-14/h2-11H,1,12-13H2. The number of halogens is 1. The molecule has 0 aliphatic rings. The van der Waals surface area contributed by atoms with Crippen LogP contribution >= 0.6 is 27.7 Å². The van der Waals surface area contributed by atoms with Gasteiger partial charge in [0.1, 0.15) is 0 Å². The molecule has 23 heavy (non-hydrogen) atoms. The van der Waals surface area contributed by atoms with Gasteiger partial charge in [-0.15, -0.1) is 16.8 Å². The summed E-state index contributed by atoms with van der Waals surface area (Å²) >= 11 is 5.15. The van der Waals surface area contributed by atoms with Gasteiger partial charge in [-0.2, -0.15) is 0 Å². The van der Waals surface area contributed by atoms with Gasteiger partial charge < -0.3 is 0 Å². The SMILES string of the molecule is C=CCn1c(SCc2ccccc2)nnc1-c1ccc(Br)cc1. The van der Waals surface area contributed by atoms with Crippen molar-refractivity contribution in [3.05, 3.63) is 77.3 Å². The average molecular weight is 386 g/mol. The Hall–Kier alpha value is -1.85. The van der Waals surface area contributed by atoms with Gasteiger partial charge >= 0.3 is 0 Å². The molecule has 0 unspecified atom stereocenters. The quantitative estimate of drug-likeness (QED) is 0.432. The van der Waals surface area contributed by atoms with E-state index in [1.807, 2.05) is 36.4 Å². The van der Waals surface area contributed by atoms with E-state index in [0.29, 0.717) is 6.54 Å². The summed E-state index contributed by atoms with van der Waals surface area (Å²) in [5.41, 5.74) is 2.32. The molecule has 2 aromatic carbocycles. The van der Waals surface area contributed by atoms with Crippen LogP contribution in [0, 0.1) is 0 Å². The second-order valence-electron chi connectivity index (χ2n) is 4.99. The summed E-state index contributed by atoms with van der Waals surface area (Å²) in [7, 11) is 0. The van der Waals surface area contributed by atoms with E-state index in [0.717, 1.165) is 26.8 Å². The van der Waals surface area contributed by atoms with E-state index in [2.05, 4.69) is 61.5 Å². The lowest BCUT2D eigenvalue weighted by Crippen LogP contribution is -2.00. The second-order valence-corrected chi connectivity index (χ2v) is 6.84. The van der Waals surface area contributed by atoms with Crippen LogP contribution in [0.2, 0.25) is 0 Å². The zero-order valence-corrected chi connectivity index (χ0v) is 14.9. The van der Waals surface area contributed by atoms with E-state index in [4.69, 9.17) is 0 Å². The van der Waals surface area contributed by atoms with E-state index in [1.54, 1.807) is 11.8 Å². The maximum Gasteiger partial charge on any atom is 0.192 e. The van der Waals surface area contributed by atoms with Crippen molar-refractivity contribution in [1.29, 1.82) is 0 Å². The zero-order valence-electron chi connectivity index (χ0n) is 12.5. The van der Waals surface area contributed by atoms with Gasteiger partial charge in [0.15, 0.2) is 11.0 Å². The maximum absolute atomic E-state index is 4.38. The van der Waals surface area contributed by atoms with E-state index in [9.17, 15) is 0 Å². The van der Waals surface area contributed by atoms with Crippen molar-refractivity contribution >= 4 is 27.7 Å². The number of benzene rings is 2. The topological polar surface area (TPSA) is 30.7 Å². The summed E-state index contributed by atoms with van der Waals surface area (Å²) in [6.07, 6.45) is 1.87. The van der Waals surface area contributed by atoms with Crippen molar-refractivity contribution in [2.24, 2.45) is 0 Å². The lowest BCUT2D eigenvalue weighted by Gasteiger charge is -2.08. The van der Waals surface area contributed by atoms with E-state index in [-0.39, 0.29) is 0 Å².